The second kappa shape index (κ2) is 5.38. The fourth-order valence-corrected chi connectivity index (χ4v) is 0.863. The monoisotopic (exact) mass is 214 g/mol. The molecule has 0 aliphatic carbocycles. The Kier molecular flexibility index (Phi) is 4.84. The number of hydrogen-bond acceptors (Lipinski definition) is 3. The zero-order valence-corrected chi connectivity index (χ0v) is 9.37. The number of primary amides is 1. The molecule has 2 amide bonds. The van der Waals surface area contributed by atoms with Crippen molar-refractivity contribution in [2.24, 2.45) is 5.73 Å². The van der Waals surface area contributed by atoms with E-state index in [0.717, 1.165) is 0 Å². The van der Waals surface area contributed by atoms with Crippen molar-refractivity contribution in [2.45, 2.75) is 38.8 Å². The summed E-state index contributed by atoms with van der Waals surface area (Å²) < 4.78 is 4.97. The summed E-state index contributed by atoms with van der Waals surface area (Å²) in [5.74, 6) is -0.610. The normalized spacial score (nSPS) is 12.7. The van der Waals surface area contributed by atoms with E-state index in [9.17, 15) is 9.59 Å². The van der Waals surface area contributed by atoms with Gasteiger partial charge < -0.3 is 15.8 Å². The molecule has 0 aromatic heterocycles. The Morgan fingerprint density at radius 2 is 2.07 bits per heavy atom. The van der Waals surface area contributed by atoms with Gasteiger partial charge in [0.15, 0.2) is 0 Å². The maximum Gasteiger partial charge on any atom is 0.408 e. The highest BCUT2D eigenvalue weighted by atomic mass is 16.6. The highest BCUT2D eigenvalue weighted by Gasteiger charge is 2.21. The molecule has 0 unspecified atom stereocenters. The topological polar surface area (TPSA) is 81.4 Å². The summed E-state index contributed by atoms with van der Waals surface area (Å²) in [7, 11) is 0. The standard InChI is InChI=1S/C10H18N2O3/c1-5-6-7(8(11)13)12-9(14)15-10(2,3)4/h5,7H,1,6H2,2-4H3,(H2,11,13)(H,12,14)/t7-/m0/s1. The Morgan fingerprint density at radius 3 is 2.40 bits per heavy atom. The molecular weight excluding hydrogens is 196 g/mol. The highest BCUT2D eigenvalue weighted by Crippen LogP contribution is 2.07. The lowest BCUT2D eigenvalue weighted by molar-refractivity contribution is -0.120. The minimum atomic E-state index is -0.766. The van der Waals surface area contributed by atoms with E-state index in [4.69, 9.17) is 10.5 Å². The first-order valence-corrected chi connectivity index (χ1v) is 4.66. The maximum atomic E-state index is 11.3. The molecule has 0 bridgehead atoms. The van der Waals surface area contributed by atoms with Crippen molar-refractivity contribution < 1.29 is 14.3 Å². The van der Waals surface area contributed by atoms with Crippen molar-refractivity contribution in [3.63, 3.8) is 0 Å². The van der Waals surface area contributed by atoms with E-state index >= 15 is 0 Å². The molecule has 3 N–H and O–H groups in total. The van der Waals surface area contributed by atoms with Gasteiger partial charge in [0.2, 0.25) is 5.91 Å². The second-order valence-corrected chi connectivity index (χ2v) is 4.13. The van der Waals surface area contributed by atoms with E-state index in [1.165, 1.54) is 6.08 Å². The lowest BCUT2D eigenvalue weighted by Crippen LogP contribution is -2.46. The molecule has 86 valence electrons. The maximum absolute atomic E-state index is 11.3. The first-order valence-electron chi connectivity index (χ1n) is 4.66. The van der Waals surface area contributed by atoms with Gasteiger partial charge in [0.1, 0.15) is 11.6 Å². The number of carbonyl (C=O) groups is 2. The van der Waals surface area contributed by atoms with E-state index in [0.29, 0.717) is 0 Å². The van der Waals surface area contributed by atoms with E-state index < -0.39 is 23.6 Å². The van der Waals surface area contributed by atoms with E-state index in [2.05, 4.69) is 11.9 Å². The number of hydrogen-bond donors (Lipinski definition) is 2. The molecular formula is C10H18N2O3. The first-order chi connectivity index (χ1) is 6.76. The fourth-order valence-electron chi connectivity index (χ4n) is 0.863. The number of nitrogens with two attached hydrogens (primary N) is 1. The van der Waals surface area contributed by atoms with Crippen molar-refractivity contribution in [3.05, 3.63) is 12.7 Å². The molecule has 0 aliphatic rings. The van der Waals surface area contributed by atoms with Crippen LogP contribution >= 0.6 is 0 Å². The van der Waals surface area contributed by atoms with Crippen LogP contribution in [0.15, 0.2) is 12.7 Å². The fraction of sp³-hybridized carbons (Fsp3) is 0.600. The van der Waals surface area contributed by atoms with E-state index in [1.807, 2.05) is 0 Å². The summed E-state index contributed by atoms with van der Waals surface area (Å²) in [4.78, 5) is 22.2. The van der Waals surface area contributed by atoms with Crippen LogP contribution in [0.4, 0.5) is 4.79 Å². The Balaban J connectivity index is 4.23. The van der Waals surface area contributed by atoms with Gasteiger partial charge in [-0.05, 0) is 27.2 Å². The molecule has 0 rings (SSSR count). The predicted octanol–water partition coefficient (Wildman–Crippen LogP) is 0.941. The Bertz CT molecular complexity index is 256. The van der Waals surface area contributed by atoms with Crippen LogP contribution in [0.2, 0.25) is 0 Å². The molecule has 5 nitrogen and oxygen atoms in total. The molecule has 0 saturated carbocycles. The third kappa shape index (κ3) is 6.54. The lowest BCUT2D eigenvalue weighted by Gasteiger charge is -2.21. The zero-order chi connectivity index (χ0) is 12.1. The number of rotatable bonds is 4. The molecule has 5 heteroatoms. The molecule has 1 atom stereocenters. The molecule has 0 saturated heterocycles. The van der Waals surface area contributed by atoms with Gasteiger partial charge in [0, 0.05) is 0 Å². The lowest BCUT2D eigenvalue weighted by atomic mass is 10.2. The SMILES string of the molecule is C=CC[C@H](NC(=O)OC(C)(C)C)C(N)=O. The van der Waals surface area contributed by atoms with Crippen LogP contribution in [0.25, 0.3) is 0 Å². The minimum Gasteiger partial charge on any atom is -0.444 e. The molecule has 0 aromatic rings. The first kappa shape index (κ1) is 13.5. The average molecular weight is 214 g/mol. The van der Waals surface area contributed by atoms with Crippen molar-refractivity contribution in [1.29, 1.82) is 0 Å². The molecule has 0 spiro atoms. The van der Waals surface area contributed by atoms with Crippen molar-refractivity contribution >= 4 is 12.0 Å². The van der Waals surface area contributed by atoms with Gasteiger partial charge in [-0.3, -0.25) is 4.79 Å². The summed E-state index contributed by atoms with van der Waals surface area (Å²) in [6.07, 6.45) is 1.13. The summed E-state index contributed by atoms with van der Waals surface area (Å²) >= 11 is 0. The van der Waals surface area contributed by atoms with Crippen molar-refractivity contribution in [3.8, 4) is 0 Å². The molecule has 0 aliphatic heterocycles. The smallest absolute Gasteiger partial charge is 0.408 e. The zero-order valence-electron chi connectivity index (χ0n) is 9.37. The van der Waals surface area contributed by atoms with E-state index in [-0.39, 0.29) is 6.42 Å². The number of carbonyl (C=O) groups excluding carboxylic acids is 2. The van der Waals surface area contributed by atoms with Gasteiger partial charge in [0.25, 0.3) is 0 Å². The summed E-state index contributed by atoms with van der Waals surface area (Å²) in [5, 5.41) is 2.37. The number of alkyl carbamates (subject to hydrolysis) is 1. The number of amides is 2. The van der Waals surface area contributed by atoms with Crippen LogP contribution in [0.1, 0.15) is 27.2 Å². The quantitative estimate of drug-likeness (QED) is 0.683. The molecule has 0 radical (unpaired) electrons. The summed E-state index contributed by atoms with van der Waals surface area (Å²) in [6, 6.07) is -0.766. The molecule has 15 heavy (non-hydrogen) atoms. The van der Waals surface area contributed by atoms with Gasteiger partial charge in [-0.1, -0.05) is 6.08 Å². The van der Waals surface area contributed by atoms with Crippen LogP contribution < -0.4 is 11.1 Å². The van der Waals surface area contributed by atoms with Crippen molar-refractivity contribution in [2.75, 3.05) is 0 Å². The Morgan fingerprint density at radius 1 is 1.53 bits per heavy atom. The Labute approximate surface area is 89.7 Å². The molecule has 0 aromatic carbocycles. The highest BCUT2D eigenvalue weighted by molar-refractivity contribution is 5.84. The average Bonchev–Trinajstić information content (AvgIpc) is 1.99. The van der Waals surface area contributed by atoms with Crippen molar-refractivity contribution in [1.82, 2.24) is 5.32 Å². The summed E-state index contributed by atoms with van der Waals surface area (Å²) in [5.41, 5.74) is 4.48. The number of ether oxygens (including phenoxy) is 1. The number of nitrogens with one attached hydrogen (secondary N) is 1. The van der Waals surface area contributed by atoms with Crippen LogP contribution in [0.5, 0.6) is 0 Å². The molecule has 0 heterocycles. The second-order valence-electron chi connectivity index (χ2n) is 4.13. The minimum absolute atomic E-state index is 0.286. The third-order valence-electron chi connectivity index (χ3n) is 1.44. The molecule has 0 fully saturated rings. The van der Waals surface area contributed by atoms with Crippen LogP contribution in [0.3, 0.4) is 0 Å². The van der Waals surface area contributed by atoms with E-state index in [1.54, 1.807) is 20.8 Å². The summed E-state index contributed by atoms with van der Waals surface area (Å²) in [6.45, 7) is 8.67. The van der Waals surface area contributed by atoms with Crippen LogP contribution in [0, 0.1) is 0 Å². The Hall–Kier alpha value is -1.52. The van der Waals surface area contributed by atoms with Crippen LogP contribution in [-0.2, 0) is 9.53 Å². The third-order valence-corrected chi connectivity index (χ3v) is 1.44. The van der Waals surface area contributed by atoms with Gasteiger partial charge in [-0.25, -0.2) is 4.79 Å². The largest absolute Gasteiger partial charge is 0.444 e. The van der Waals surface area contributed by atoms with Gasteiger partial charge in [-0.2, -0.15) is 0 Å². The van der Waals surface area contributed by atoms with Crippen LogP contribution in [-0.4, -0.2) is 23.6 Å². The van der Waals surface area contributed by atoms with Gasteiger partial charge >= 0.3 is 6.09 Å². The van der Waals surface area contributed by atoms with Gasteiger partial charge in [0.05, 0.1) is 0 Å². The predicted molar refractivity (Wildman–Crippen MR) is 57.2 cm³/mol. The van der Waals surface area contributed by atoms with Gasteiger partial charge in [-0.15, -0.1) is 6.58 Å².